The summed E-state index contributed by atoms with van der Waals surface area (Å²) >= 11 is 1.37. The summed E-state index contributed by atoms with van der Waals surface area (Å²) in [6, 6.07) is 6.59. The molecule has 0 aromatic heterocycles. The molecule has 0 radical (unpaired) electrons. The highest BCUT2D eigenvalue weighted by molar-refractivity contribution is 7.99. The molecule has 0 aliphatic heterocycles. The number of carbonyl (C=O) groups is 1. The van der Waals surface area contributed by atoms with Gasteiger partial charge in [0, 0.05) is 11.8 Å². The van der Waals surface area contributed by atoms with Crippen molar-refractivity contribution in [3.8, 4) is 0 Å². The van der Waals surface area contributed by atoms with E-state index < -0.39 is 10.5 Å². The predicted molar refractivity (Wildman–Crippen MR) is 82.5 cm³/mol. The number of benzene rings is 1. The number of nitrogens with zero attached hydrogens (tertiary/aromatic N) is 1. The van der Waals surface area contributed by atoms with Crippen molar-refractivity contribution in [3.63, 3.8) is 0 Å². The normalized spacial score (nSPS) is 13.5. The molecule has 1 unspecified atom stereocenters. The molecule has 0 saturated heterocycles. The Kier molecular flexibility index (Phi) is 6.64. The molecule has 0 fully saturated rings. The van der Waals surface area contributed by atoms with E-state index >= 15 is 0 Å². The lowest BCUT2D eigenvalue weighted by Crippen LogP contribution is -2.50. The molecule has 1 N–H and O–H groups in total. The van der Waals surface area contributed by atoms with Crippen molar-refractivity contribution >= 4 is 23.4 Å². The van der Waals surface area contributed by atoms with E-state index in [2.05, 4.69) is 5.32 Å². The zero-order valence-electron chi connectivity index (χ0n) is 12.4. The van der Waals surface area contributed by atoms with Crippen molar-refractivity contribution in [2.45, 2.75) is 30.7 Å². The number of hydrogen-bond donors (Lipinski definition) is 1. The number of esters is 1. The molecule has 1 atom stereocenters. The van der Waals surface area contributed by atoms with Crippen LogP contribution in [0.1, 0.15) is 20.3 Å². The largest absolute Gasteiger partial charge is 0.468 e. The van der Waals surface area contributed by atoms with Crippen LogP contribution in [-0.2, 0) is 9.53 Å². The Bertz CT molecular complexity index is 510. The van der Waals surface area contributed by atoms with E-state index in [0.717, 1.165) is 0 Å². The van der Waals surface area contributed by atoms with Gasteiger partial charge in [-0.05, 0) is 26.0 Å². The van der Waals surface area contributed by atoms with Gasteiger partial charge >= 0.3 is 5.97 Å². The first-order chi connectivity index (χ1) is 9.94. The molecule has 0 spiro atoms. The second kappa shape index (κ2) is 7.99. The zero-order chi connectivity index (χ0) is 15.9. The van der Waals surface area contributed by atoms with Crippen molar-refractivity contribution in [1.29, 1.82) is 0 Å². The first-order valence-electron chi connectivity index (χ1n) is 6.64. The zero-order valence-corrected chi connectivity index (χ0v) is 13.2. The maximum atomic E-state index is 11.8. The second-order valence-corrected chi connectivity index (χ2v) is 5.81. The van der Waals surface area contributed by atoms with Crippen LogP contribution in [0.25, 0.3) is 0 Å². The maximum absolute atomic E-state index is 11.8. The molecule has 116 valence electrons. The maximum Gasteiger partial charge on any atom is 0.325 e. The number of likely N-dealkylation sites (N-methyl/N-ethyl adjacent to an activating group) is 1. The van der Waals surface area contributed by atoms with Gasteiger partial charge in [-0.2, -0.15) is 0 Å². The number of nitro benzene ring substituents is 1. The predicted octanol–water partition coefficient (Wildman–Crippen LogP) is 2.62. The fraction of sp³-hybridized carbons (Fsp3) is 0.500. The third-order valence-corrected chi connectivity index (χ3v) is 4.19. The minimum absolute atomic E-state index is 0.0886. The molecule has 0 saturated carbocycles. The lowest BCUT2D eigenvalue weighted by Gasteiger charge is -2.27. The van der Waals surface area contributed by atoms with E-state index in [-0.39, 0.29) is 11.7 Å². The van der Waals surface area contributed by atoms with Crippen LogP contribution in [0.15, 0.2) is 29.2 Å². The van der Waals surface area contributed by atoms with Crippen LogP contribution in [0.4, 0.5) is 5.69 Å². The van der Waals surface area contributed by atoms with Crippen LogP contribution in [0, 0.1) is 10.1 Å². The average molecular weight is 312 g/mol. The Morgan fingerprint density at radius 3 is 2.71 bits per heavy atom. The summed E-state index contributed by atoms with van der Waals surface area (Å²) in [5, 5.41) is 14.1. The first kappa shape index (κ1) is 17.5. The minimum atomic E-state index is -0.778. The van der Waals surface area contributed by atoms with Gasteiger partial charge in [-0.3, -0.25) is 14.9 Å². The average Bonchev–Trinajstić information content (AvgIpc) is 2.47. The van der Waals surface area contributed by atoms with E-state index in [0.29, 0.717) is 23.6 Å². The number of thioether (sulfide) groups is 1. The van der Waals surface area contributed by atoms with Crippen LogP contribution in [0.5, 0.6) is 0 Å². The van der Waals surface area contributed by atoms with Gasteiger partial charge in [0.2, 0.25) is 0 Å². The summed E-state index contributed by atoms with van der Waals surface area (Å²) in [7, 11) is 1.35. The van der Waals surface area contributed by atoms with Crippen LogP contribution in [0.2, 0.25) is 0 Å². The highest BCUT2D eigenvalue weighted by atomic mass is 32.2. The van der Waals surface area contributed by atoms with Gasteiger partial charge in [0.05, 0.1) is 16.9 Å². The van der Waals surface area contributed by atoms with E-state index in [1.165, 1.54) is 24.9 Å². The smallest absolute Gasteiger partial charge is 0.325 e. The van der Waals surface area contributed by atoms with Crippen molar-refractivity contribution < 1.29 is 14.5 Å². The van der Waals surface area contributed by atoms with Crippen LogP contribution in [0.3, 0.4) is 0 Å². The molecule has 6 nitrogen and oxygen atoms in total. The summed E-state index contributed by atoms with van der Waals surface area (Å²) in [6.45, 7) is 4.33. The Morgan fingerprint density at radius 2 is 2.14 bits per heavy atom. The molecule has 0 bridgehead atoms. The van der Waals surface area contributed by atoms with Crippen molar-refractivity contribution in [2.24, 2.45) is 0 Å². The minimum Gasteiger partial charge on any atom is -0.468 e. The fourth-order valence-corrected chi connectivity index (χ4v) is 3.17. The number of carbonyl (C=O) groups excluding carboxylic acids is 1. The molecule has 0 aliphatic carbocycles. The first-order valence-corrected chi connectivity index (χ1v) is 7.63. The van der Waals surface area contributed by atoms with Gasteiger partial charge in [0.25, 0.3) is 5.69 Å². The van der Waals surface area contributed by atoms with Crippen molar-refractivity contribution in [1.82, 2.24) is 5.32 Å². The van der Waals surface area contributed by atoms with E-state index in [1.54, 1.807) is 25.1 Å². The third-order valence-electron chi connectivity index (χ3n) is 3.12. The Labute approximate surface area is 128 Å². The molecule has 1 rings (SSSR count). The number of rotatable bonds is 8. The molecule has 0 amide bonds. The summed E-state index contributed by atoms with van der Waals surface area (Å²) in [5.41, 5.74) is -0.689. The molecule has 0 aliphatic rings. The number of para-hydroxylation sites is 1. The van der Waals surface area contributed by atoms with Crippen molar-refractivity contribution in [2.75, 3.05) is 19.4 Å². The van der Waals surface area contributed by atoms with E-state index in [1.807, 2.05) is 6.92 Å². The highest BCUT2D eigenvalue weighted by Crippen LogP contribution is 2.30. The quantitative estimate of drug-likeness (QED) is 0.344. The van der Waals surface area contributed by atoms with Crippen LogP contribution < -0.4 is 5.32 Å². The lowest BCUT2D eigenvalue weighted by atomic mass is 9.99. The number of nitro groups is 1. The van der Waals surface area contributed by atoms with Gasteiger partial charge in [-0.1, -0.05) is 19.1 Å². The van der Waals surface area contributed by atoms with Gasteiger partial charge in [0.15, 0.2) is 0 Å². The molecule has 0 heterocycles. The summed E-state index contributed by atoms with van der Waals surface area (Å²) in [5.74, 6) is 0.246. The van der Waals surface area contributed by atoms with Gasteiger partial charge in [0.1, 0.15) is 5.54 Å². The van der Waals surface area contributed by atoms with Crippen LogP contribution >= 0.6 is 11.8 Å². The second-order valence-electron chi connectivity index (χ2n) is 4.68. The monoisotopic (exact) mass is 312 g/mol. The third kappa shape index (κ3) is 4.71. The van der Waals surface area contributed by atoms with Crippen LogP contribution in [-0.4, -0.2) is 35.8 Å². The van der Waals surface area contributed by atoms with E-state index in [9.17, 15) is 14.9 Å². The molecular weight excluding hydrogens is 292 g/mol. The number of hydrogen-bond acceptors (Lipinski definition) is 6. The van der Waals surface area contributed by atoms with Gasteiger partial charge in [-0.15, -0.1) is 11.8 Å². The van der Waals surface area contributed by atoms with Crippen molar-refractivity contribution in [3.05, 3.63) is 34.4 Å². The summed E-state index contributed by atoms with van der Waals surface area (Å²) in [6.07, 6.45) is 0.518. The molecular formula is C14H20N2O4S. The van der Waals surface area contributed by atoms with Gasteiger partial charge in [-0.25, -0.2) is 0 Å². The lowest BCUT2D eigenvalue weighted by molar-refractivity contribution is -0.387. The summed E-state index contributed by atoms with van der Waals surface area (Å²) < 4.78 is 4.81. The Balaban J connectivity index is 2.71. The number of nitrogens with one attached hydrogen (secondary N) is 1. The Hall–Kier alpha value is -1.60. The SMILES string of the molecule is CCNC(C)(CCSc1ccccc1[N+](=O)[O-])C(=O)OC. The Morgan fingerprint density at radius 1 is 1.48 bits per heavy atom. The van der Waals surface area contributed by atoms with Gasteiger partial charge < -0.3 is 10.1 Å². The summed E-state index contributed by atoms with van der Waals surface area (Å²) in [4.78, 5) is 23.0. The molecule has 1 aromatic carbocycles. The highest BCUT2D eigenvalue weighted by Gasteiger charge is 2.33. The molecule has 1 aromatic rings. The van der Waals surface area contributed by atoms with E-state index in [4.69, 9.17) is 4.74 Å². The molecule has 21 heavy (non-hydrogen) atoms. The number of ether oxygens (including phenoxy) is 1. The molecule has 7 heteroatoms. The standard InChI is InChI=1S/C14H20N2O4S/c1-4-15-14(2,13(17)20-3)9-10-21-12-8-6-5-7-11(12)16(18)19/h5-8,15H,4,9-10H2,1-3H3. The fourth-order valence-electron chi connectivity index (χ4n) is 1.97. The topological polar surface area (TPSA) is 81.5 Å². The number of methoxy groups -OCH3 is 1.